The summed E-state index contributed by atoms with van der Waals surface area (Å²) in [5.74, 6) is -0.118. The minimum Gasteiger partial charge on any atom is -0.485 e. The molecule has 0 amide bonds. The van der Waals surface area contributed by atoms with Gasteiger partial charge in [-0.15, -0.1) is 34.0 Å². The van der Waals surface area contributed by atoms with E-state index in [1.54, 1.807) is 11.3 Å². The average molecular weight is 1050 g/mol. The van der Waals surface area contributed by atoms with Crippen LogP contribution in [0.1, 0.15) is 131 Å². The molecule has 0 bridgehead atoms. The number of hydrogen-bond donors (Lipinski definition) is 1. The number of anilines is 3. The Morgan fingerprint density at radius 2 is 1.08 bits per heavy atom. The molecule has 9 heteroatoms. The lowest BCUT2D eigenvalue weighted by atomic mass is 9.82. The van der Waals surface area contributed by atoms with Crippen molar-refractivity contribution in [3.8, 4) is 69.8 Å². The number of aryl methyl sites for hydroxylation is 2. The van der Waals surface area contributed by atoms with Gasteiger partial charge in [-0.3, -0.25) is 0 Å². The molecular formula is C66H64N2O4S3. The standard InChI is InChI=1S/C66H64N2O4S3/c1-7-9-11-13-19-42-35-57(62-43(20-14-12-10-8-2)36-58(75-62)63-60-59(71-33-34-72-60)56(73-63)37-44(40-67)64(69)70)74-61(42)41-25-27-45(28-26-41)68(46-29-31-50-48-21-15-17-23-52(48)65(3,4)54(50)38-46)47-30-32-51-49-22-16-18-24-53(49)66(5,6)55(51)39-47/h15-18,21-32,35-39H,7-14,19-20,33-34H2,1-6H3,(H,69,70)/b44-37-. The van der Waals surface area contributed by atoms with Crippen LogP contribution in [0.15, 0.2) is 127 Å². The molecule has 0 radical (unpaired) electrons. The third-order valence-corrected chi connectivity index (χ3v) is 19.6. The fraction of sp³-hybridized carbons (Fsp3) is 0.303. The number of fused-ring (bicyclic) bond motifs is 7. The van der Waals surface area contributed by atoms with Gasteiger partial charge >= 0.3 is 5.97 Å². The molecular weight excluding hydrogens is 981 g/mol. The average Bonchev–Trinajstić information content (AvgIpc) is 4.23. The van der Waals surface area contributed by atoms with Crippen LogP contribution in [0, 0.1) is 11.3 Å². The van der Waals surface area contributed by atoms with Crippen LogP contribution < -0.4 is 14.4 Å². The fourth-order valence-corrected chi connectivity index (χ4v) is 15.6. The van der Waals surface area contributed by atoms with E-state index in [1.165, 1.54) is 132 Å². The Kier molecular flexibility index (Phi) is 14.0. The van der Waals surface area contributed by atoms with Crippen molar-refractivity contribution in [2.45, 2.75) is 117 Å². The Bertz CT molecular complexity index is 3440. The minimum atomic E-state index is -1.26. The summed E-state index contributed by atoms with van der Waals surface area (Å²) in [6.45, 7) is 14.7. The number of nitriles is 1. The molecule has 6 nitrogen and oxygen atoms in total. The van der Waals surface area contributed by atoms with E-state index in [4.69, 9.17) is 9.47 Å². The molecule has 3 aromatic heterocycles. The zero-order valence-electron chi connectivity index (χ0n) is 43.9. The van der Waals surface area contributed by atoms with E-state index >= 15 is 0 Å². The topological polar surface area (TPSA) is 82.8 Å². The zero-order valence-corrected chi connectivity index (χ0v) is 46.4. The lowest BCUT2D eigenvalue weighted by molar-refractivity contribution is -0.132. The van der Waals surface area contributed by atoms with Gasteiger partial charge in [0.2, 0.25) is 0 Å². The van der Waals surface area contributed by atoms with Crippen LogP contribution in [-0.2, 0) is 28.5 Å². The third-order valence-electron chi connectivity index (χ3n) is 15.8. The van der Waals surface area contributed by atoms with Crippen LogP contribution in [-0.4, -0.2) is 24.3 Å². The number of nitrogens with zero attached hydrogens (tertiary/aromatic N) is 2. The molecule has 1 N–H and O–H groups in total. The highest BCUT2D eigenvalue weighted by Crippen LogP contribution is 2.56. The summed E-state index contributed by atoms with van der Waals surface area (Å²) in [5.41, 5.74) is 17.4. The molecule has 1 aliphatic heterocycles. The number of hydrogen-bond acceptors (Lipinski definition) is 8. The van der Waals surface area contributed by atoms with Gasteiger partial charge in [0, 0.05) is 47.4 Å². The van der Waals surface area contributed by atoms with E-state index in [0.717, 1.165) is 52.5 Å². The Morgan fingerprint density at radius 1 is 0.587 bits per heavy atom. The van der Waals surface area contributed by atoms with Crippen LogP contribution in [0.3, 0.4) is 0 Å². The number of carbonyl (C=O) groups is 1. The molecule has 5 aromatic carbocycles. The van der Waals surface area contributed by atoms with Crippen molar-refractivity contribution < 1.29 is 19.4 Å². The summed E-state index contributed by atoms with van der Waals surface area (Å²) in [6.07, 6.45) is 12.8. The van der Waals surface area contributed by atoms with Crippen LogP contribution >= 0.6 is 34.0 Å². The molecule has 0 atom stereocenters. The van der Waals surface area contributed by atoms with E-state index in [-0.39, 0.29) is 16.4 Å². The fourth-order valence-electron chi connectivity index (χ4n) is 11.8. The third kappa shape index (κ3) is 9.23. The van der Waals surface area contributed by atoms with Gasteiger partial charge in [0.1, 0.15) is 24.9 Å². The summed E-state index contributed by atoms with van der Waals surface area (Å²) < 4.78 is 12.4. The number of rotatable bonds is 18. The van der Waals surface area contributed by atoms with Crippen molar-refractivity contribution in [3.05, 3.63) is 165 Å². The summed E-state index contributed by atoms with van der Waals surface area (Å²) in [4.78, 5) is 20.8. The largest absolute Gasteiger partial charge is 0.485 e. The quantitative estimate of drug-likeness (QED) is 0.0524. The molecule has 75 heavy (non-hydrogen) atoms. The Hall–Kier alpha value is -6.70. The maximum absolute atomic E-state index is 11.9. The summed E-state index contributed by atoms with van der Waals surface area (Å²) in [5, 5.41) is 19.4. The van der Waals surface area contributed by atoms with Crippen molar-refractivity contribution >= 4 is 63.1 Å². The second kappa shape index (κ2) is 20.8. The van der Waals surface area contributed by atoms with Crippen LogP contribution in [0.25, 0.3) is 58.3 Å². The number of benzene rings is 5. The Morgan fingerprint density at radius 3 is 1.63 bits per heavy atom. The second-order valence-corrected chi connectivity index (χ2v) is 24.5. The lowest BCUT2D eigenvalue weighted by Gasteiger charge is -2.30. The first-order valence-corrected chi connectivity index (χ1v) is 29.3. The molecule has 0 spiro atoms. The number of ether oxygens (including phenoxy) is 2. The van der Waals surface area contributed by atoms with Crippen molar-refractivity contribution in [1.82, 2.24) is 0 Å². The predicted molar refractivity (Wildman–Crippen MR) is 314 cm³/mol. The van der Waals surface area contributed by atoms with Crippen LogP contribution in [0.5, 0.6) is 11.5 Å². The number of carboxylic acid groups (broad SMARTS) is 1. The van der Waals surface area contributed by atoms with Gasteiger partial charge < -0.3 is 19.5 Å². The first-order valence-electron chi connectivity index (χ1n) is 26.8. The van der Waals surface area contributed by atoms with Gasteiger partial charge in [0.15, 0.2) is 11.5 Å². The Balaban J connectivity index is 1.01. The maximum atomic E-state index is 11.9. The molecule has 8 aromatic rings. The number of unbranched alkanes of at least 4 members (excludes halogenated alkanes) is 6. The normalized spacial score (nSPS) is 14.5. The van der Waals surface area contributed by atoms with E-state index in [1.807, 2.05) is 17.4 Å². The van der Waals surface area contributed by atoms with Gasteiger partial charge in [-0.25, -0.2) is 4.79 Å². The monoisotopic (exact) mass is 1040 g/mol. The minimum absolute atomic E-state index is 0.141. The van der Waals surface area contributed by atoms with Gasteiger partial charge in [-0.1, -0.05) is 153 Å². The molecule has 3 aliphatic rings. The number of aliphatic carboxylic acids is 1. The van der Waals surface area contributed by atoms with Crippen molar-refractivity contribution in [2.24, 2.45) is 0 Å². The van der Waals surface area contributed by atoms with Crippen LogP contribution in [0.4, 0.5) is 17.1 Å². The van der Waals surface area contributed by atoms with Crippen molar-refractivity contribution in [2.75, 3.05) is 18.1 Å². The highest BCUT2D eigenvalue weighted by Gasteiger charge is 2.38. The highest BCUT2D eigenvalue weighted by molar-refractivity contribution is 7.27. The molecule has 0 unspecified atom stereocenters. The number of carboxylic acids is 1. The second-order valence-electron chi connectivity index (χ2n) is 21.4. The molecule has 11 rings (SSSR count). The summed E-state index contributed by atoms with van der Waals surface area (Å²) in [7, 11) is 0. The van der Waals surface area contributed by atoms with E-state index in [2.05, 4.69) is 168 Å². The van der Waals surface area contributed by atoms with Gasteiger partial charge in [-0.05, 0) is 141 Å². The maximum Gasteiger partial charge on any atom is 0.346 e. The summed E-state index contributed by atoms with van der Waals surface area (Å²) in [6, 6.07) is 47.9. The van der Waals surface area contributed by atoms with Crippen molar-refractivity contribution in [3.63, 3.8) is 0 Å². The highest BCUT2D eigenvalue weighted by atomic mass is 32.1. The molecule has 4 heterocycles. The van der Waals surface area contributed by atoms with Gasteiger partial charge in [0.05, 0.1) is 9.75 Å². The first kappa shape index (κ1) is 50.5. The Labute approximate surface area is 454 Å². The predicted octanol–water partition coefficient (Wildman–Crippen LogP) is 19.0. The van der Waals surface area contributed by atoms with Crippen LogP contribution in [0.2, 0.25) is 0 Å². The van der Waals surface area contributed by atoms with Crippen molar-refractivity contribution in [1.29, 1.82) is 5.26 Å². The molecule has 0 saturated heterocycles. The van der Waals surface area contributed by atoms with Gasteiger partial charge in [-0.2, -0.15) is 5.26 Å². The zero-order chi connectivity index (χ0) is 52.0. The molecule has 380 valence electrons. The number of thiophene rings is 3. The lowest BCUT2D eigenvalue weighted by Crippen LogP contribution is -2.18. The van der Waals surface area contributed by atoms with E-state index in [0.29, 0.717) is 29.6 Å². The van der Waals surface area contributed by atoms with Gasteiger partial charge in [0.25, 0.3) is 0 Å². The van der Waals surface area contributed by atoms with E-state index < -0.39 is 5.97 Å². The van der Waals surface area contributed by atoms with E-state index in [9.17, 15) is 15.2 Å². The molecule has 0 fully saturated rings. The molecule has 0 saturated carbocycles. The SMILES string of the molecule is CCCCCCc1cc(-c2sc(-c3sc(/C=C(/C#N)C(=O)O)c4c3OCCO4)cc2CCCCCC)sc1-c1ccc(N(c2ccc3c(c2)C(C)(C)c2ccccc2-3)c2ccc3c(c2)C(C)(C)c2ccccc2-3)cc1. The summed E-state index contributed by atoms with van der Waals surface area (Å²) >= 11 is 5.12. The first-order chi connectivity index (χ1) is 36.4. The molecule has 2 aliphatic carbocycles. The smallest absolute Gasteiger partial charge is 0.346 e.